The number of carbonyl (C=O) groups excluding carboxylic acids is 3. The molecule has 2 aromatic carbocycles. The highest BCUT2D eigenvalue weighted by Crippen LogP contribution is 2.33. The minimum Gasteiger partial charge on any atom is -0.324 e. The number of amides is 3. The fourth-order valence-corrected chi connectivity index (χ4v) is 3.70. The molecule has 2 aromatic rings. The Kier molecular flexibility index (Phi) is 4.98. The molecule has 3 amide bonds. The van der Waals surface area contributed by atoms with Gasteiger partial charge < -0.3 is 5.32 Å². The van der Waals surface area contributed by atoms with Crippen LogP contribution < -0.4 is 10.2 Å². The van der Waals surface area contributed by atoms with Crippen LogP contribution in [-0.2, 0) is 14.4 Å². The Balaban J connectivity index is 1.50. The number of carbonyl (C=O) groups is 3. The quantitative estimate of drug-likeness (QED) is 0.756. The first kappa shape index (κ1) is 20.0. The summed E-state index contributed by atoms with van der Waals surface area (Å²) in [4.78, 5) is 39.0. The number of hydrogen-bond donors (Lipinski definition) is 1. The molecule has 0 bridgehead atoms. The van der Waals surface area contributed by atoms with Crippen LogP contribution in [0.4, 0.5) is 15.8 Å². The predicted molar refractivity (Wildman–Crippen MR) is 108 cm³/mol. The summed E-state index contributed by atoms with van der Waals surface area (Å²) in [5, 5.41) is 11.5. The van der Waals surface area contributed by atoms with E-state index in [1.54, 1.807) is 6.07 Å². The number of halogens is 2. The molecule has 154 valence electrons. The van der Waals surface area contributed by atoms with Crippen LogP contribution >= 0.6 is 11.6 Å². The van der Waals surface area contributed by atoms with Crippen LogP contribution in [-0.4, -0.2) is 41.4 Å². The van der Waals surface area contributed by atoms with Gasteiger partial charge in [-0.15, -0.1) is 0 Å². The van der Waals surface area contributed by atoms with Crippen molar-refractivity contribution in [3.63, 3.8) is 0 Å². The van der Waals surface area contributed by atoms with Crippen molar-refractivity contribution in [1.82, 2.24) is 5.01 Å². The van der Waals surface area contributed by atoms with E-state index in [9.17, 15) is 18.8 Å². The first-order chi connectivity index (χ1) is 14.3. The molecule has 0 saturated carbocycles. The minimum absolute atomic E-state index is 0.140. The molecular formula is C20H17ClFN5O3. The van der Waals surface area contributed by atoms with E-state index in [1.807, 2.05) is 26.0 Å². The third kappa shape index (κ3) is 3.41. The van der Waals surface area contributed by atoms with Gasteiger partial charge in [-0.05, 0) is 43.7 Å². The third-order valence-electron chi connectivity index (χ3n) is 4.98. The number of rotatable bonds is 4. The molecule has 1 N–H and O–H groups in total. The molecule has 0 spiro atoms. The smallest absolute Gasteiger partial charge is 0.263 e. The molecule has 2 aliphatic rings. The molecule has 30 heavy (non-hydrogen) atoms. The summed E-state index contributed by atoms with van der Waals surface area (Å²) in [5.41, 5.74) is 2.75. The highest BCUT2D eigenvalue weighted by molar-refractivity contribution is 6.32. The molecule has 2 aliphatic heterocycles. The molecular weight excluding hydrogens is 413 g/mol. The van der Waals surface area contributed by atoms with Crippen molar-refractivity contribution in [2.24, 2.45) is 10.3 Å². The number of hydrogen-bond acceptors (Lipinski definition) is 6. The van der Waals surface area contributed by atoms with Crippen molar-refractivity contribution in [1.29, 1.82) is 0 Å². The first-order valence-electron chi connectivity index (χ1n) is 9.13. The van der Waals surface area contributed by atoms with Crippen molar-refractivity contribution in [3.05, 3.63) is 58.4 Å². The fraction of sp³-hybridized carbons (Fsp3) is 0.250. The number of fused-ring (bicyclic) bond motifs is 1. The number of nitrogens with one attached hydrogen (secondary N) is 1. The zero-order valence-electron chi connectivity index (χ0n) is 16.1. The number of benzene rings is 2. The fourth-order valence-electron chi connectivity index (χ4n) is 3.52. The van der Waals surface area contributed by atoms with Gasteiger partial charge in [0.05, 0.1) is 10.7 Å². The monoisotopic (exact) mass is 429 g/mol. The second-order valence-electron chi connectivity index (χ2n) is 7.17. The number of nitrogens with zero attached hydrogens (tertiary/aromatic N) is 4. The maximum atomic E-state index is 13.4. The van der Waals surface area contributed by atoms with E-state index in [-0.39, 0.29) is 17.3 Å². The van der Waals surface area contributed by atoms with Crippen molar-refractivity contribution in [2.45, 2.75) is 25.9 Å². The summed E-state index contributed by atoms with van der Waals surface area (Å²) in [5.74, 6) is -2.26. The molecule has 0 aromatic heterocycles. The van der Waals surface area contributed by atoms with Crippen LogP contribution in [0, 0.1) is 19.7 Å². The Hall–Kier alpha value is -3.33. The second kappa shape index (κ2) is 7.49. The van der Waals surface area contributed by atoms with Gasteiger partial charge in [-0.2, -0.15) is 5.11 Å². The summed E-state index contributed by atoms with van der Waals surface area (Å²) in [6.07, 6.45) is 0. The van der Waals surface area contributed by atoms with Crippen molar-refractivity contribution in [2.75, 3.05) is 16.8 Å². The molecule has 2 heterocycles. The summed E-state index contributed by atoms with van der Waals surface area (Å²) in [6, 6.07) is 7.06. The van der Waals surface area contributed by atoms with Gasteiger partial charge >= 0.3 is 0 Å². The lowest BCUT2D eigenvalue weighted by Gasteiger charge is -2.20. The van der Waals surface area contributed by atoms with Gasteiger partial charge in [0.15, 0.2) is 12.1 Å². The SMILES string of the molecule is Cc1ccc(NC(=O)CN2N=N[C@H]3C(=O)N(c4ccc(F)c(Cl)c4)C(=O)[C@@H]32)c(C)c1. The molecule has 1 saturated heterocycles. The van der Waals surface area contributed by atoms with Gasteiger partial charge in [-0.1, -0.05) is 34.5 Å². The molecule has 1 fully saturated rings. The lowest BCUT2D eigenvalue weighted by Crippen LogP contribution is -2.43. The first-order valence-corrected chi connectivity index (χ1v) is 9.51. The van der Waals surface area contributed by atoms with Crippen molar-refractivity contribution in [3.8, 4) is 0 Å². The van der Waals surface area contributed by atoms with E-state index in [4.69, 9.17) is 11.6 Å². The van der Waals surface area contributed by atoms with Gasteiger partial charge in [-0.3, -0.25) is 19.4 Å². The Morgan fingerprint density at radius 2 is 1.93 bits per heavy atom. The summed E-state index contributed by atoms with van der Waals surface area (Å²) in [6.45, 7) is 3.57. The topological polar surface area (TPSA) is 94.4 Å². The lowest BCUT2D eigenvalue weighted by molar-refractivity contribution is -0.123. The van der Waals surface area contributed by atoms with Gasteiger partial charge in [0.25, 0.3) is 11.8 Å². The highest BCUT2D eigenvalue weighted by Gasteiger charge is 2.55. The Bertz CT molecular complexity index is 1110. The van der Waals surface area contributed by atoms with Crippen LogP contribution in [0.5, 0.6) is 0 Å². The van der Waals surface area contributed by atoms with Crippen LogP contribution in [0.25, 0.3) is 0 Å². The zero-order chi connectivity index (χ0) is 21.6. The molecule has 2 atom stereocenters. The molecule has 4 rings (SSSR count). The van der Waals surface area contributed by atoms with Crippen LogP contribution in [0.2, 0.25) is 5.02 Å². The maximum absolute atomic E-state index is 13.4. The second-order valence-corrected chi connectivity index (χ2v) is 7.58. The van der Waals surface area contributed by atoms with Gasteiger partial charge in [0.2, 0.25) is 5.91 Å². The Labute approximate surface area is 176 Å². The van der Waals surface area contributed by atoms with Crippen molar-refractivity contribution < 1.29 is 18.8 Å². The molecule has 0 aliphatic carbocycles. The summed E-state index contributed by atoms with van der Waals surface area (Å²) >= 11 is 5.78. The van der Waals surface area contributed by atoms with Gasteiger partial charge in [-0.25, -0.2) is 9.29 Å². The van der Waals surface area contributed by atoms with E-state index in [1.165, 1.54) is 17.1 Å². The van der Waals surface area contributed by atoms with E-state index in [0.29, 0.717) is 5.69 Å². The third-order valence-corrected chi connectivity index (χ3v) is 5.27. The maximum Gasteiger partial charge on any atom is 0.263 e. The lowest BCUT2D eigenvalue weighted by atomic mass is 10.1. The predicted octanol–water partition coefficient (Wildman–Crippen LogP) is 3.03. The normalized spacial score (nSPS) is 20.1. The van der Waals surface area contributed by atoms with Gasteiger partial charge in [0, 0.05) is 5.69 Å². The van der Waals surface area contributed by atoms with Gasteiger partial charge in [0.1, 0.15) is 12.4 Å². The number of aryl methyl sites for hydroxylation is 2. The van der Waals surface area contributed by atoms with Crippen molar-refractivity contribution >= 4 is 40.7 Å². The number of imide groups is 1. The van der Waals surface area contributed by atoms with Crippen LogP contribution in [0.15, 0.2) is 46.7 Å². The standard InChI is InChI=1S/C20H17ClFN5O3/c1-10-3-6-15(11(2)7-10)23-16(28)9-26-18-17(24-25-26)19(29)27(20(18)30)12-4-5-14(22)13(21)8-12/h3-8,17-18H,9H2,1-2H3,(H,23,28)/t17-,18-/m1/s1. The minimum atomic E-state index is -1.06. The highest BCUT2D eigenvalue weighted by atomic mass is 35.5. The molecule has 0 unspecified atom stereocenters. The Morgan fingerprint density at radius 3 is 2.63 bits per heavy atom. The largest absolute Gasteiger partial charge is 0.324 e. The van der Waals surface area contributed by atoms with E-state index in [0.717, 1.165) is 22.1 Å². The van der Waals surface area contributed by atoms with Crippen LogP contribution in [0.3, 0.4) is 0 Å². The van der Waals surface area contributed by atoms with E-state index < -0.39 is 35.6 Å². The molecule has 0 radical (unpaired) electrons. The summed E-state index contributed by atoms with van der Waals surface area (Å²) in [7, 11) is 0. The zero-order valence-corrected chi connectivity index (χ0v) is 16.9. The van der Waals surface area contributed by atoms with Crippen LogP contribution in [0.1, 0.15) is 11.1 Å². The molecule has 10 heteroatoms. The molecule has 8 nitrogen and oxygen atoms in total. The Morgan fingerprint density at radius 1 is 1.17 bits per heavy atom. The average molecular weight is 430 g/mol. The number of anilines is 2. The average Bonchev–Trinajstić information content (AvgIpc) is 3.20. The van der Waals surface area contributed by atoms with E-state index >= 15 is 0 Å². The van der Waals surface area contributed by atoms with E-state index in [2.05, 4.69) is 15.7 Å². The summed E-state index contributed by atoms with van der Waals surface area (Å²) < 4.78 is 13.4.